The van der Waals surface area contributed by atoms with Crippen molar-refractivity contribution in [2.75, 3.05) is 5.88 Å². The minimum atomic E-state index is 0.652. The molecule has 0 aromatic carbocycles. The van der Waals surface area contributed by atoms with Crippen LogP contribution < -0.4 is 0 Å². The van der Waals surface area contributed by atoms with Crippen LogP contribution in [-0.4, -0.2) is 20.9 Å². The van der Waals surface area contributed by atoms with E-state index in [1.165, 1.54) is 0 Å². The first kappa shape index (κ1) is 10.6. The Morgan fingerprint density at radius 1 is 1.62 bits per heavy atom. The van der Waals surface area contributed by atoms with Crippen LogP contribution in [0.5, 0.6) is 0 Å². The fraction of sp³-hybridized carbons (Fsp3) is 0.500. The monoisotopic (exact) mass is 261 g/mol. The number of aromatic nitrogens is 3. The van der Waals surface area contributed by atoms with E-state index in [1.807, 2.05) is 7.05 Å². The maximum Gasteiger partial charge on any atom is 0.164 e. The van der Waals surface area contributed by atoms with E-state index >= 15 is 0 Å². The molecule has 5 heteroatoms. The van der Waals surface area contributed by atoms with E-state index in [0.717, 1.165) is 18.5 Å². The Morgan fingerprint density at radius 2 is 2.38 bits per heavy atom. The molecule has 70 valence electrons. The largest absolute Gasteiger partial charge is 0.239 e. The van der Waals surface area contributed by atoms with E-state index < -0.39 is 0 Å². The van der Waals surface area contributed by atoms with Crippen LogP contribution in [0, 0.1) is 11.8 Å². The minimum Gasteiger partial charge on any atom is -0.239 e. The first-order chi connectivity index (χ1) is 6.25. The van der Waals surface area contributed by atoms with Crippen molar-refractivity contribution in [3.63, 3.8) is 0 Å². The zero-order valence-electron chi connectivity index (χ0n) is 7.22. The van der Waals surface area contributed by atoms with Gasteiger partial charge >= 0.3 is 0 Å². The Balaban J connectivity index is 2.65. The summed E-state index contributed by atoms with van der Waals surface area (Å²) in [5.41, 5.74) is 0.801. The van der Waals surface area contributed by atoms with Crippen molar-refractivity contribution in [1.29, 1.82) is 0 Å². The molecule has 1 aromatic heterocycles. The van der Waals surface area contributed by atoms with Crippen LogP contribution in [-0.2, 0) is 7.05 Å². The molecule has 0 spiro atoms. The third-order valence-corrected chi connectivity index (χ3v) is 2.23. The molecule has 0 bridgehead atoms. The average molecular weight is 263 g/mol. The van der Waals surface area contributed by atoms with E-state index in [2.05, 4.69) is 38.1 Å². The summed E-state index contributed by atoms with van der Waals surface area (Å²) in [4.78, 5) is 0. The molecule has 0 atom stereocenters. The summed E-state index contributed by atoms with van der Waals surface area (Å²) in [5, 5.41) is 7.62. The van der Waals surface area contributed by atoms with Crippen LogP contribution in [0.15, 0.2) is 4.60 Å². The lowest BCUT2D eigenvalue weighted by Gasteiger charge is -1.88. The second-order valence-electron chi connectivity index (χ2n) is 2.45. The highest BCUT2D eigenvalue weighted by atomic mass is 79.9. The topological polar surface area (TPSA) is 30.7 Å². The van der Waals surface area contributed by atoms with Gasteiger partial charge in [-0.25, -0.2) is 4.68 Å². The van der Waals surface area contributed by atoms with E-state index in [9.17, 15) is 0 Å². The number of hydrogen-bond donors (Lipinski definition) is 0. The van der Waals surface area contributed by atoms with Crippen molar-refractivity contribution in [1.82, 2.24) is 15.0 Å². The molecule has 0 amide bonds. The fourth-order valence-electron chi connectivity index (χ4n) is 0.766. The van der Waals surface area contributed by atoms with E-state index in [0.29, 0.717) is 10.5 Å². The highest BCUT2D eigenvalue weighted by Crippen LogP contribution is 2.09. The lowest BCUT2D eigenvalue weighted by molar-refractivity contribution is 0.707. The Labute approximate surface area is 90.6 Å². The van der Waals surface area contributed by atoms with Crippen LogP contribution >= 0.6 is 27.5 Å². The second kappa shape index (κ2) is 5.25. The SMILES string of the molecule is Cn1nnc(Br)c1C#CCCCCl. The molecule has 0 saturated heterocycles. The number of alkyl halides is 1. The van der Waals surface area contributed by atoms with Crippen LogP contribution in [0.4, 0.5) is 0 Å². The maximum atomic E-state index is 5.52. The van der Waals surface area contributed by atoms with Crippen molar-refractivity contribution < 1.29 is 0 Å². The van der Waals surface area contributed by atoms with Gasteiger partial charge < -0.3 is 0 Å². The molecule has 0 fully saturated rings. The van der Waals surface area contributed by atoms with Gasteiger partial charge in [-0.3, -0.25) is 0 Å². The smallest absolute Gasteiger partial charge is 0.164 e. The molecule has 13 heavy (non-hydrogen) atoms. The van der Waals surface area contributed by atoms with Gasteiger partial charge in [-0.15, -0.1) is 16.7 Å². The van der Waals surface area contributed by atoms with E-state index in [-0.39, 0.29) is 0 Å². The molecule has 0 N–H and O–H groups in total. The first-order valence-electron chi connectivity index (χ1n) is 3.85. The molecule has 0 aliphatic heterocycles. The Morgan fingerprint density at radius 3 is 2.92 bits per heavy atom. The van der Waals surface area contributed by atoms with Crippen LogP contribution in [0.1, 0.15) is 18.5 Å². The van der Waals surface area contributed by atoms with Gasteiger partial charge in [0.25, 0.3) is 0 Å². The van der Waals surface area contributed by atoms with Gasteiger partial charge in [0.1, 0.15) is 5.69 Å². The molecular formula is C8H9BrClN3. The predicted molar refractivity (Wildman–Crippen MR) is 55.5 cm³/mol. The van der Waals surface area contributed by atoms with Crippen LogP contribution in [0.3, 0.4) is 0 Å². The van der Waals surface area contributed by atoms with E-state index in [4.69, 9.17) is 11.6 Å². The van der Waals surface area contributed by atoms with Crippen LogP contribution in [0.25, 0.3) is 0 Å². The lowest BCUT2D eigenvalue weighted by atomic mass is 10.3. The van der Waals surface area contributed by atoms with Crippen molar-refractivity contribution >= 4 is 27.5 Å². The third kappa shape index (κ3) is 3.02. The standard InChI is InChI=1S/C8H9BrClN3/c1-13-7(8(9)11-12-13)5-3-2-4-6-10/h2,4,6H2,1H3. The van der Waals surface area contributed by atoms with Gasteiger partial charge in [-0.05, 0) is 28.3 Å². The number of unbranched alkanes of at least 4 members (excludes halogenated alkanes) is 1. The molecule has 0 aliphatic rings. The molecule has 0 unspecified atom stereocenters. The third-order valence-electron chi connectivity index (χ3n) is 1.43. The average Bonchev–Trinajstić information content (AvgIpc) is 2.42. The Kier molecular flexibility index (Phi) is 4.26. The van der Waals surface area contributed by atoms with Crippen LogP contribution in [0.2, 0.25) is 0 Å². The summed E-state index contributed by atoms with van der Waals surface area (Å²) in [7, 11) is 1.81. The number of nitrogens with zero attached hydrogens (tertiary/aromatic N) is 3. The van der Waals surface area contributed by atoms with Crippen molar-refractivity contribution in [3.05, 3.63) is 10.3 Å². The number of rotatable bonds is 2. The van der Waals surface area contributed by atoms with Crippen molar-refractivity contribution in [2.45, 2.75) is 12.8 Å². The Hall–Kier alpha value is -0.530. The molecule has 1 rings (SSSR count). The molecule has 3 nitrogen and oxygen atoms in total. The molecular weight excluding hydrogens is 253 g/mol. The van der Waals surface area contributed by atoms with Gasteiger partial charge in [0, 0.05) is 19.3 Å². The molecule has 1 heterocycles. The summed E-state index contributed by atoms with van der Waals surface area (Å²) in [6.07, 6.45) is 1.72. The Bertz CT molecular complexity index is 317. The predicted octanol–water partition coefficient (Wildman–Crippen LogP) is 1.95. The zero-order chi connectivity index (χ0) is 9.68. The zero-order valence-corrected chi connectivity index (χ0v) is 9.56. The summed E-state index contributed by atoms with van der Waals surface area (Å²) >= 11 is 8.78. The van der Waals surface area contributed by atoms with Gasteiger partial charge in [-0.1, -0.05) is 11.1 Å². The van der Waals surface area contributed by atoms with Gasteiger partial charge in [0.2, 0.25) is 0 Å². The summed E-state index contributed by atoms with van der Waals surface area (Å²) in [5.74, 6) is 6.64. The normalized spacial score (nSPS) is 9.46. The minimum absolute atomic E-state index is 0.652. The van der Waals surface area contributed by atoms with Crippen molar-refractivity contribution in [2.24, 2.45) is 7.05 Å². The first-order valence-corrected chi connectivity index (χ1v) is 5.18. The molecule has 1 aromatic rings. The van der Waals surface area contributed by atoms with E-state index in [1.54, 1.807) is 4.68 Å². The lowest BCUT2D eigenvalue weighted by Crippen LogP contribution is -1.93. The number of aryl methyl sites for hydroxylation is 1. The molecule has 0 aliphatic carbocycles. The van der Waals surface area contributed by atoms with Gasteiger partial charge in [-0.2, -0.15) is 0 Å². The quantitative estimate of drug-likeness (QED) is 0.463. The molecule has 0 saturated carbocycles. The summed E-state index contributed by atoms with van der Waals surface area (Å²) in [6.45, 7) is 0. The maximum absolute atomic E-state index is 5.52. The molecule has 0 radical (unpaired) electrons. The fourth-order valence-corrected chi connectivity index (χ4v) is 1.33. The number of hydrogen-bond acceptors (Lipinski definition) is 2. The van der Waals surface area contributed by atoms with Gasteiger partial charge in [0.15, 0.2) is 4.60 Å². The van der Waals surface area contributed by atoms with Crippen molar-refractivity contribution in [3.8, 4) is 11.8 Å². The highest BCUT2D eigenvalue weighted by molar-refractivity contribution is 9.10. The summed E-state index contributed by atoms with van der Waals surface area (Å²) in [6, 6.07) is 0. The number of halogens is 2. The van der Waals surface area contributed by atoms with Gasteiger partial charge in [0.05, 0.1) is 0 Å². The highest BCUT2D eigenvalue weighted by Gasteiger charge is 2.02. The summed E-state index contributed by atoms with van der Waals surface area (Å²) < 4.78 is 2.32. The second-order valence-corrected chi connectivity index (χ2v) is 3.58.